The smallest absolute Gasteiger partial charge is 0.338 e. The van der Waals surface area contributed by atoms with Crippen molar-refractivity contribution in [1.29, 1.82) is 0 Å². The number of rotatable bonds is 21. The molecule has 3 heterocycles. The summed E-state index contributed by atoms with van der Waals surface area (Å²) in [6.45, 7) is 11.1. The molecule has 2 fully saturated rings. The molecule has 442 valence electrons. The van der Waals surface area contributed by atoms with Gasteiger partial charge >= 0.3 is 95.5 Å². The molecular formula is C47H74O30. The molecule has 9 atom stereocenters. The van der Waals surface area contributed by atoms with Crippen LogP contribution in [0.1, 0.15) is 135 Å². The standard InChI is InChI=1S/C11H16O8.2C11H14O7.C4H2O3.C4H8O2.C3H6O2.3CH4.H2O/c1-5(8(14)15)6(9(16)17)3-11(2,10(18)19)4-7(12)13;2*1-5-6(9(15)18-8(5)14)3-11(2,10(16)17)4-7(12)13;5-3-1-2-4(6)7-3;1-2-3-4(5)6;1-2-3(4)5;;;;/h5-6H,3-4H2,1-2H3,(H,12,13)(H,14,15)(H,16,17)(H,18,19);2*5-6H,3-4H2,1-2H3,(H,12,13)(H,16,17);1-2H;2-3H2,1H3,(H,5,6);2H2,1H3,(H,4,5);3*1H4;1H2. The van der Waals surface area contributed by atoms with E-state index in [1.807, 2.05) is 6.92 Å². The Labute approximate surface area is 441 Å². The highest BCUT2D eigenvalue weighted by molar-refractivity contribution is 6.05. The molecule has 9 unspecified atom stereocenters. The fraction of sp³-hybridized carbons (Fsp3) is 0.617. The van der Waals surface area contributed by atoms with Crippen LogP contribution in [0.3, 0.4) is 0 Å². The minimum Gasteiger partial charge on any atom is -0.481 e. The molecule has 0 amide bonds. The molecule has 0 radical (unpaired) electrons. The van der Waals surface area contributed by atoms with Crippen molar-refractivity contribution in [3.63, 3.8) is 0 Å². The molecule has 12 N–H and O–H groups in total. The lowest BCUT2D eigenvalue weighted by molar-refractivity contribution is -0.161. The third kappa shape index (κ3) is 30.7. The lowest BCUT2D eigenvalue weighted by atomic mass is 9.74. The molecule has 0 aromatic heterocycles. The van der Waals surface area contributed by atoms with E-state index in [-0.39, 0.29) is 47.0 Å². The van der Waals surface area contributed by atoms with Gasteiger partial charge in [0.1, 0.15) is 0 Å². The molecular weight excluding hydrogens is 1040 g/mol. The van der Waals surface area contributed by atoms with Crippen LogP contribution in [0, 0.1) is 51.8 Å². The van der Waals surface area contributed by atoms with Gasteiger partial charge in [-0.15, -0.1) is 0 Å². The molecule has 3 rings (SSSR count). The van der Waals surface area contributed by atoms with Crippen LogP contribution in [0.5, 0.6) is 0 Å². The van der Waals surface area contributed by atoms with Gasteiger partial charge in [-0.1, -0.05) is 56.9 Å². The minimum atomic E-state index is -1.83. The summed E-state index contributed by atoms with van der Waals surface area (Å²) in [5.74, 6) is -22.6. The highest BCUT2D eigenvalue weighted by Crippen LogP contribution is 2.39. The van der Waals surface area contributed by atoms with E-state index in [0.29, 0.717) is 6.42 Å². The van der Waals surface area contributed by atoms with E-state index in [2.05, 4.69) is 14.2 Å². The molecule has 2 saturated heterocycles. The lowest BCUT2D eigenvalue weighted by Crippen LogP contribution is -2.38. The number of carboxylic acid groups (broad SMARTS) is 10. The van der Waals surface area contributed by atoms with Crippen LogP contribution in [0.2, 0.25) is 0 Å². The maximum atomic E-state index is 11.4. The van der Waals surface area contributed by atoms with Gasteiger partial charge in [0.2, 0.25) is 0 Å². The SMILES string of the molecule is C.C.C.CC(C(=O)O)C(CC(C)(CC(=O)O)C(=O)O)C(=O)O.CC1C(=O)OC(=O)C1CC(C)(CC(=O)O)C(=O)O.CC1C(=O)OC(=O)C1CC(C)(CC(=O)O)C(=O)O.CCC(=O)O.CCCC(=O)O.O.O=C1C=CC(=O)O1. The van der Waals surface area contributed by atoms with Gasteiger partial charge < -0.3 is 70.8 Å². The molecule has 77 heavy (non-hydrogen) atoms. The van der Waals surface area contributed by atoms with Crippen LogP contribution in [0.15, 0.2) is 12.2 Å². The van der Waals surface area contributed by atoms with E-state index in [1.54, 1.807) is 6.92 Å². The van der Waals surface area contributed by atoms with Crippen LogP contribution >= 0.6 is 0 Å². The second kappa shape index (κ2) is 37.5. The first-order valence-corrected chi connectivity index (χ1v) is 21.4. The highest BCUT2D eigenvalue weighted by atomic mass is 16.6. The zero-order chi connectivity index (χ0) is 58.1. The predicted octanol–water partition coefficient (Wildman–Crippen LogP) is 2.98. The van der Waals surface area contributed by atoms with E-state index < -0.39 is 173 Å². The monoisotopic (exact) mass is 1120 g/mol. The predicted molar refractivity (Wildman–Crippen MR) is 258 cm³/mol. The molecule has 0 aromatic carbocycles. The number of hydrogen-bond donors (Lipinski definition) is 10. The van der Waals surface area contributed by atoms with Crippen LogP contribution in [0.25, 0.3) is 0 Å². The number of hydrogen-bond acceptors (Lipinski definition) is 19. The van der Waals surface area contributed by atoms with Crippen molar-refractivity contribution in [3.05, 3.63) is 12.2 Å². The first-order chi connectivity index (χ1) is 33.2. The Hall–Kier alpha value is -8.18. The van der Waals surface area contributed by atoms with Gasteiger partial charge in [0.15, 0.2) is 0 Å². The topological polar surface area (TPSA) is 535 Å². The summed E-state index contributed by atoms with van der Waals surface area (Å²) < 4.78 is 12.8. The molecule has 3 aliphatic rings. The second-order valence-electron chi connectivity index (χ2n) is 17.2. The molecule has 3 aliphatic heterocycles. The van der Waals surface area contributed by atoms with E-state index in [0.717, 1.165) is 32.4 Å². The van der Waals surface area contributed by atoms with Crippen molar-refractivity contribution < 1.29 is 147 Å². The largest absolute Gasteiger partial charge is 0.481 e. The van der Waals surface area contributed by atoms with Gasteiger partial charge in [0.05, 0.1) is 71.0 Å². The van der Waals surface area contributed by atoms with Crippen molar-refractivity contribution in [2.45, 2.75) is 135 Å². The second-order valence-corrected chi connectivity index (χ2v) is 17.2. The van der Waals surface area contributed by atoms with Gasteiger partial charge in [-0.25, -0.2) is 9.59 Å². The average molecular weight is 1120 g/mol. The van der Waals surface area contributed by atoms with Crippen molar-refractivity contribution in [3.8, 4) is 0 Å². The van der Waals surface area contributed by atoms with E-state index in [4.69, 9.17) is 51.1 Å². The van der Waals surface area contributed by atoms with Gasteiger partial charge in [-0.2, -0.15) is 0 Å². The number of cyclic esters (lactones) is 6. The summed E-state index contributed by atoms with van der Waals surface area (Å²) in [6, 6.07) is 0. The van der Waals surface area contributed by atoms with Gasteiger partial charge in [-0.3, -0.25) is 67.1 Å². The highest BCUT2D eigenvalue weighted by Gasteiger charge is 2.50. The fourth-order valence-electron chi connectivity index (χ4n) is 6.12. The fourth-order valence-corrected chi connectivity index (χ4v) is 6.12. The summed E-state index contributed by atoms with van der Waals surface area (Å²) in [6.07, 6.45) is 0.358. The van der Waals surface area contributed by atoms with Gasteiger partial charge in [0.25, 0.3) is 0 Å². The average Bonchev–Trinajstić information content (AvgIpc) is 3.83. The van der Waals surface area contributed by atoms with Crippen molar-refractivity contribution in [2.75, 3.05) is 0 Å². The Kier molecular flexibility index (Phi) is 40.4. The minimum absolute atomic E-state index is 0. The Morgan fingerprint density at radius 2 is 0.792 bits per heavy atom. The molecule has 0 aromatic rings. The Morgan fingerprint density at radius 1 is 0.494 bits per heavy atom. The number of aliphatic carboxylic acids is 10. The Balaban J connectivity index is -0.000000161. The lowest BCUT2D eigenvalue weighted by Gasteiger charge is -2.27. The normalized spacial score (nSPS) is 19.3. The zero-order valence-electron chi connectivity index (χ0n) is 41.2. The molecule has 0 bridgehead atoms. The third-order valence-electron chi connectivity index (χ3n) is 10.8. The Bertz CT molecular complexity index is 2060. The maximum Gasteiger partial charge on any atom is 0.338 e. The molecule has 30 nitrogen and oxygen atoms in total. The van der Waals surface area contributed by atoms with E-state index >= 15 is 0 Å². The van der Waals surface area contributed by atoms with Crippen LogP contribution in [-0.4, -0.2) is 152 Å². The first-order valence-electron chi connectivity index (χ1n) is 21.4. The summed E-state index contributed by atoms with van der Waals surface area (Å²) in [7, 11) is 0. The van der Waals surface area contributed by atoms with Gasteiger partial charge in [-0.05, 0) is 46.5 Å². The number of carbonyl (C=O) groups excluding carboxylic acids is 6. The summed E-state index contributed by atoms with van der Waals surface area (Å²) in [5, 5.41) is 86.7. The van der Waals surface area contributed by atoms with Crippen LogP contribution < -0.4 is 0 Å². The molecule has 0 aliphatic carbocycles. The molecule has 0 saturated carbocycles. The quantitative estimate of drug-likeness (QED) is 0.0448. The first kappa shape index (κ1) is 82.8. The number of carboxylic acids is 10. The molecule has 30 heteroatoms. The summed E-state index contributed by atoms with van der Waals surface area (Å²) >= 11 is 0. The number of carbonyl (C=O) groups is 16. The number of ether oxygens (including phenoxy) is 3. The number of esters is 6. The molecule has 0 spiro atoms. The van der Waals surface area contributed by atoms with Crippen molar-refractivity contribution in [2.24, 2.45) is 51.8 Å². The van der Waals surface area contributed by atoms with Crippen molar-refractivity contribution >= 4 is 95.5 Å². The third-order valence-corrected chi connectivity index (χ3v) is 10.8. The van der Waals surface area contributed by atoms with Crippen molar-refractivity contribution in [1.82, 2.24) is 0 Å². The van der Waals surface area contributed by atoms with Crippen LogP contribution in [0.4, 0.5) is 0 Å². The summed E-state index contributed by atoms with van der Waals surface area (Å²) in [4.78, 5) is 171. The van der Waals surface area contributed by atoms with E-state index in [1.165, 1.54) is 27.7 Å². The maximum absolute atomic E-state index is 11.4. The van der Waals surface area contributed by atoms with Gasteiger partial charge in [0, 0.05) is 25.0 Å². The zero-order valence-corrected chi connectivity index (χ0v) is 41.2. The summed E-state index contributed by atoms with van der Waals surface area (Å²) in [5.41, 5.74) is -5.04. The van der Waals surface area contributed by atoms with E-state index in [9.17, 15) is 76.7 Å². The van der Waals surface area contributed by atoms with Crippen LogP contribution in [-0.2, 0) is 90.9 Å². The Morgan fingerprint density at radius 3 is 0.948 bits per heavy atom.